The van der Waals surface area contributed by atoms with Crippen molar-refractivity contribution in [3.8, 4) is 0 Å². The van der Waals surface area contributed by atoms with Crippen molar-refractivity contribution in [2.75, 3.05) is 0 Å². The molecule has 0 amide bonds. The molecule has 1 aromatic carbocycles. The number of halogens is 2. The highest BCUT2D eigenvalue weighted by Crippen LogP contribution is 2.37. The lowest BCUT2D eigenvalue weighted by atomic mass is 9.84. The second-order valence-corrected chi connectivity index (χ2v) is 6.94. The number of fused-ring (bicyclic) bond motifs is 1. The minimum atomic E-state index is 0.486. The van der Waals surface area contributed by atoms with E-state index in [4.69, 9.17) is 16.6 Å². The highest BCUT2D eigenvalue weighted by atomic mass is 79.9. The molecule has 1 aliphatic carbocycles. The van der Waals surface area contributed by atoms with Crippen LogP contribution in [0.15, 0.2) is 22.7 Å². The van der Waals surface area contributed by atoms with Crippen LogP contribution in [0.5, 0.6) is 0 Å². The Bertz CT molecular complexity index is 608. The van der Waals surface area contributed by atoms with Crippen LogP contribution in [0.2, 0.25) is 0 Å². The molecule has 1 heterocycles. The molecule has 2 aromatic rings. The molecule has 4 heteroatoms. The molecule has 1 fully saturated rings. The Labute approximate surface area is 133 Å². The normalized spacial score (nSPS) is 23.4. The molecule has 0 saturated heterocycles. The predicted molar refractivity (Wildman–Crippen MR) is 88.3 cm³/mol. The monoisotopic (exact) mass is 354 g/mol. The average Bonchev–Trinajstić information content (AvgIpc) is 2.85. The standard InChI is InChI=1S/C16H20BrClN2/c1-2-11-4-3-5-13(8-11)20-15-9-12(17)6-7-14(15)19-16(20)10-18/h6-7,9,11,13H,2-5,8,10H2,1H3. The first-order valence-corrected chi connectivity index (χ1v) is 8.78. The number of benzene rings is 1. The van der Waals surface area contributed by atoms with E-state index in [1.807, 2.05) is 6.07 Å². The third-order valence-corrected chi connectivity index (χ3v) is 5.27. The summed E-state index contributed by atoms with van der Waals surface area (Å²) in [6.07, 6.45) is 6.48. The molecule has 0 spiro atoms. The first-order valence-electron chi connectivity index (χ1n) is 7.45. The zero-order valence-corrected chi connectivity index (χ0v) is 14.1. The number of aromatic nitrogens is 2. The van der Waals surface area contributed by atoms with Crippen LogP contribution in [-0.4, -0.2) is 9.55 Å². The summed E-state index contributed by atoms with van der Waals surface area (Å²) in [6.45, 7) is 2.30. The van der Waals surface area contributed by atoms with Crippen molar-refractivity contribution in [2.45, 2.75) is 50.9 Å². The zero-order valence-electron chi connectivity index (χ0n) is 11.8. The van der Waals surface area contributed by atoms with E-state index in [1.54, 1.807) is 0 Å². The van der Waals surface area contributed by atoms with Gasteiger partial charge in [0.05, 0.1) is 16.9 Å². The maximum absolute atomic E-state index is 6.14. The molecule has 3 rings (SSSR count). The Morgan fingerprint density at radius 3 is 3.00 bits per heavy atom. The van der Waals surface area contributed by atoms with Gasteiger partial charge in [-0.3, -0.25) is 0 Å². The molecule has 0 N–H and O–H groups in total. The number of imidazole rings is 1. The lowest BCUT2D eigenvalue weighted by Crippen LogP contribution is -2.20. The van der Waals surface area contributed by atoms with Gasteiger partial charge in [0.1, 0.15) is 5.82 Å². The first kappa shape index (κ1) is 14.4. The molecular formula is C16H20BrClN2. The summed E-state index contributed by atoms with van der Waals surface area (Å²) in [5.41, 5.74) is 2.28. The molecular weight excluding hydrogens is 336 g/mol. The minimum Gasteiger partial charge on any atom is -0.324 e. The maximum atomic E-state index is 6.14. The summed E-state index contributed by atoms with van der Waals surface area (Å²) in [6, 6.07) is 6.86. The van der Waals surface area contributed by atoms with Crippen molar-refractivity contribution >= 4 is 38.6 Å². The molecule has 2 unspecified atom stereocenters. The van der Waals surface area contributed by atoms with E-state index in [1.165, 1.54) is 37.6 Å². The highest BCUT2D eigenvalue weighted by molar-refractivity contribution is 9.10. The van der Waals surface area contributed by atoms with Crippen molar-refractivity contribution in [2.24, 2.45) is 5.92 Å². The van der Waals surface area contributed by atoms with E-state index >= 15 is 0 Å². The molecule has 2 atom stereocenters. The van der Waals surface area contributed by atoms with Crippen LogP contribution >= 0.6 is 27.5 Å². The van der Waals surface area contributed by atoms with Gasteiger partial charge in [-0.1, -0.05) is 42.1 Å². The number of rotatable bonds is 3. The Morgan fingerprint density at radius 1 is 1.40 bits per heavy atom. The number of alkyl halides is 1. The second-order valence-electron chi connectivity index (χ2n) is 5.76. The molecule has 0 bridgehead atoms. The van der Waals surface area contributed by atoms with Gasteiger partial charge < -0.3 is 4.57 Å². The van der Waals surface area contributed by atoms with Crippen LogP contribution in [0, 0.1) is 5.92 Å². The molecule has 0 radical (unpaired) electrons. The van der Waals surface area contributed by atoms with E-state index < -0.39 is 0 Å². The quantitative estimate of drug-likeness (QED) is 0.648. The van der Waals surface area contributed by atoms with Gasteiger partial charge in [-0.25, -0.2) is 4.98 Å². The Balaban J connectivity index is 2.06. The van der Waals surface area contributed by atoms with E-state index in [-0.39, 0.29) is 0 Å². The van der Waals surface area contributed by atoms with E-state index in [0.717, 1.165) is 21.7 Å². The lowest BCUT2D eigenvalue weighted by Gasteiger charge is -2.30. The fourth-order valence-corrected chi connectivity index (χ4v) is 4.02. The van der Waals surface area contributed by atoms with Crippen molar-refractivity contribution < 1.29 is 0 Å². The van der Waals surface area contributed by atoms with E-state index in [2.05, 4.69) is 39.6 Å². The van der Waals surface area contributed by atoms with Gasteiger partial charge >= 0.3 is 0 Å². The van der Waals surface area contributed by atoms with Gasteiger partial charge in [0.2, 0.25) is 0 Å². The summed E-state index contributed by atoms with van der Waals surface area (Å²) in [5.74, 6) is 2.35. The Morgan fingerprint density at radius 2 is 2.25 bits per heavy atom. The molecule has 0 aliphatic heterocycles. The molecule has 1 aliphatic rings. The van der Waals surface area contributed by atoms with E-state index in [9.17, 15) is 0 Å². The Hall–Kier alpha value is -0.540. The van der Waals surface area contributed by atoms with Gasteiger partial charge in [0.15, 0.2) is 0 Å². The third kappa shape index (κ3) is 2.62. The second kappa shape index (κ2) is 6.07. The van der Waals surface area contributed by atoms with Gasteiger partial charge in [0.25, 0.3) is 0 Å². The number of hydrogen-bond donors (Lipinski definition) is 0. The highest BCUT2D eigenvalue weighted by Gasteiger charge is 2.25. The number of hydrogen-bond acceptors (Lipinski definition) is 1. The Kier molecular flexibility index (Phi) is 4.37. The third-order valence-electron chi connectivity index (χ3n) is 4.54. The van der Waals surface area contributed by atoms with Gasteiger partial charge in [-0.15, -0.1) is 11.6 Å². The predicted octanol–water partition coefficient (Wildman–Crippen LogP) is 5.68. The molecule has 2 nitrogen and oxygen atoms in total. The SMILES string of the molecule is CCC1CCCC(n2c(CCl)nc3ccc(Br)cc32)C1. The van der Waals surface area contributed by atoms with Crippen LogP contribution < -0.4 is 0 Å². The molecule has 1 saturated carbocycles. The van der Waals surface area contributed by atoms with Crippen LogP contribution in [0.25, 0.3) is 11.0 Å². The van der Waals surface area contributed by atoms with Crippen LogP contribution in [0.4, 0.5) is 0 Å². The fraction of sp³-hybridized carbons (Fsp3) is 0.562. The zero-order chi connectivity index (χ0) is 14.1. The van der Waals surface area contributed by atoms with Crippen molar-refractivity contribution in [1.82, 2.24) is 9.55 Å². The van der Waals surface area contributed by atoms with Crippen LogP contribution in [0.3, 0.4) is 0 Å². The average molecular weight is 356 g/mol. The van der Waals surface area contributed by atoms with Crippen molar-refractivity contribution in [3.05, 3.63) is 28.5 Å². The summed E-state index contributed by atoms with van der Waals surface area (Å²) < 4.78 is 3.50. The van der Waals surface area contributed by atoms with Crippen molar-refractivity contribution in [1.29, 1.82) is 0 Å². The minimum absolute atomic E-state index is 0.486. The van der Waals surface area contributed by atoms with Gasteiger partial charge in [0, 0.05) is 10.5 Å². The van der Waals surface area contributed by atoms with E-state index in [0.29, 0.717) is 11.9 Å². The molecule has 108 valence electrons. The molecule has 1 aromatic heterocycles. The van der Waals surface area contributed by atoms with Gasteiger partial charge in [-0.05, 0) is 37.0 Å². The first-order chi connectivity index (χ1) is 9.72. The van der Waals surface area contributed by atoms with Crippen LogP contribution in [0.1, 0.15) is 50.9 Å². The van der Waals surface area contributed by atoms with Crippen LogP contribution in [-0.2, 0) is 5.88 Å². The van der Waals surface area contributed by atoms with Crippen molar-refractivity contribution in [3.63, 3.8) is 0 Å². The molecule has 20 heavy (non-hydrogen) atoms. The van der Waals surface area contributed by atoms with Gasteiger partial charge in [-0.2, -0.15) is 0 Å². The summed E-state index contributed by atoms with van der Waals surface area (Å²) in [7, 11) is 0. The topological polar surface area (TPSA) is 17.8 Å². The maximum Gasteiger partial charge on any atom is 0.125 e. The summed E-state index contributed by atoms with van der Waals surface area (Å²) in [5, 5.41) is 0. The largest absolute Gasteiger partial charge is 0.324 e. The number of nitrogens with zero attached hydrogens (tertiary/aromatic N) is 2. The summed E-state index contributed by atoms with van der Waals surface area (Å²) >= 11 is 9.71. The fourth-order valence-electron chi connectivity index (χ4n) is 3.49. The lowest BCUT2D eigenvalue weighted by molar-refractivity contribution is 0.262. The summed E-state index contributed by atoms with van der Waals surface area (Å²) in [4.78, 5) is 4.71. The smallest absolute Gasteiger partial charge is 0.125 e.